The van der Waals surface area contributed by atoms with E-state index in [2.05, 4.69) is 58.0 Å². The fraction of sp³-hybridized carbons (Fsp3) is 0.200. The Morgan fingerprint density at radius 1 is 0.914 bits per heavy atom. The van der Waals surface area contributed by atoms with Crippen LogP contribution in [0.1, 0.15) is 27.0 Å². The number of benzene rings is 4. The van der Waals surface area contributed by atoms with Gasteiger partial charge in [-0.25, -0.2) is 0 Å². The molecule has 0 bridgehead atoms. The zero-order valence-corrected chi connectivity index (χ0v) is 19.6. The van der Waals surface area contributed by atoms with Crippen LogP contribution in [0.5, 0.6) is 0 Å². The van der Waals surface area contributed by atoms with Gasteiger partial charge in [-0.15, -0.1) is 0 Å². The molecule has 4 aromatic carbocycles. The van der Waals surface area contributed by atoms with E-state index in [4.69, 9.17) is 5.26 Å². The summed E-state index contributed by atoms with van der Waals surface area (Å²) in [5.74, 6) is -0.0938. The number of carbonyl (C=O) groups is 1. The van der Waals surface area contributed by atoms with E-state index < -0.39 is 0 Å². The molecule has 5 nitrogen and oxygen atoms in total. The van der Waals surface area contributed by atoms with Crippen molar-refractivity contribution < 1.29 is 4.79 Å². The van der Waals surface area contributed by atoms with E-state index in [-0.39, 0.29) is 5.91 Å². The molecule has 0 saturated carbocycles. The lowest BCUT2D eigenvalue weighted by Gasteiger charge is -2.27. The Morgan fingerprint density at radius 2 is 1.63 bits per heavy atom. The molecular formula is C30H28N4O. The molecule has 5 rings (SSSR count). The lowest BCUT2D eigenvalue weighted by atomic mass is 10.0. The molecule has 4 aromatic rings. The fourth-order valence-electron chi connectivity index (χ4n) is 4.61. The highest BCUT2D eigenvalue weighted by Gasteiger charge is 2.11. The molecular weight excluding hydrogens is 432 g/mol. The first-order valence-electron chi connectivity index (χ1n) is 12.0. The van der Waals surface area contributed by atoms with Crippen molar-refractivity contribution in [1.82, 2.24) is 15.5 Å². The Kier molecular flexibility index (Phi) is 6.85. The van der Waals surface area contributed by atoms with Crippen molar-refractivity contribution in [2.45, 2.75) is 13.1 Å². The molecule has 1 aliphatic rings. The number of nitriles is 1. The average molecular weight is 461 g/mol. The van der Waals surface area contributed by atoms with Crippen molar-refractivity contribution in [2.24, 2.45) is 0 Å². The molecule has 174 valence electrons. The van der Waals surface area contributed by atoms with Crippen LogP contribution in [-0.4, -0.2) is 37.0 Å². The highest BCUT2D eigenvalue weighted by molar-refractivity contribution is 5.95. The van der Waals surface area contributed by atoms with E-state index in [0.29, 0.717) is 17.7 Å². The first kappa shape index (κ1) is 22.8. The minimum atomic E-state index is -0.0938. The summed E-state index contributed by atoms with van der Waals surface area (Å²) < 4.78 is 0. The van der Waals surface area contributed by atoms with Crippen LogP contribution in [0.25, 0.3) is 21.9 Å². The lowest BCUT2D eigenvalue weighted by molar-refractivity contribution is 0.0951. The average Bonchev–Trinajstić information content (AvgIpc) is 2.92. The third-order valence-corrected chi connectivity index (χ3v) is 6.58. The molecule has 0 aromatic heterocycles. The van der Waals surface area contributed by atoms with Gasteiger partial charge in [-0.2, -0.15) is 5.26 Å². The highest BCUT2D eigenvalue weighted by atomic mass is 16.1. The van der Waals surface area contributed by atoms with Crippen molar-refractivity contribution in [1.29, 1.82) is 5.26 Å². The molecule has 0 radical (unpaired) electrons. The predicted molar refractivity (Wildman–Crippen MR) is 140 cm³/mol. The van der Waals surface area contributed by atoms with E-state index in [0.717, 1.165) is 49.4 Å². The summed E-state index contributed by atoms with van der Waals surface area (Å²) in [7, 11) is 0. The monoisotopic (exact) mass is 460 g/mol. The van der Waals surface area contributed by atoms with Crippen molar-refractivity contribution in [3.63, 3.8) is 0 Å². The summed E-state index contributed by atoms with van der Waals surface area (Å²) in [6, 6.07) is 30.1. The Balaban J connectivity index is 1.24. The van der Waals surface area contributed by atoms with Crippen molar-refractivity contribution in [3.05, 3.63) is 107 Å². The second-order valence-electron chi connectivity index (χ2n) is 8.95. The summed E-state index contributed by atoms with van der Waals surface area (Å²) >= 11 is 0. The summed E-state index contributed by atoms with van der Waals surface area (Å²) in [6.07, 6.45) is 0. The minimum absolute atomic E-state index is 0.0938. The van der Waals surface area contributed by atoms with Gasteiger partial charge in [0.2, 0.25) is 0 Å². The molecule has 1 amide bonds. The van der Waals surface area contributed by atoms with E-state index in [9.17, 15) is 4.79 Å². The molecule has 35 heavy (non-hydrogen) atoms. The van der Waals surface area contributed by atoms with Gasteiger partial charge in [0.1, 0.15) is 0 Å². The molecule has 0 unspecified atom stereocenters. The normalized spacial score (nSPS) is 13.9. The van der Waals surface area contributed by atoms with Crippen molar-refractivity contribution in [3.8, 4) is 17.2 Å². The SMILES string of the molecule is N#Cc1ccc(-c2ccc(C(=O)NCc3cccc4cc(CN5CCNCC5)ccc34)cc2)cc1. The number of hydrogen-bond acceptors (Lipinski definition) is 4. The van der Waals surface area contributed by atoms with Gasteiger partial charge in [0, 0.05) is 44.8 Å². The van der Waals surface area contributed by atoms with Gasteiger partial charge >= 0.3 is 0 Å². The largest absolute Gasteiger partial charge is 0.348 e. The highest BCUT2D eigenvalue weighted by Crippen LogP contribution is 2.23. The number of nitrogens with one attached hydrogen (secondary N) is 2. The molecule has 1 aliphatic heterocycles. The van der Waals surface area contributed by atoms with Gasteiger partial charge in [0.25, 0.3) is 5.91 Å². The number of hydrogen-bond donors (Lipinski definition) is 2. The second-order valence-corrected chi connectivity index (χ2v) is 8.95. The van der Waals surface area contributed by atoms with Gasteiger partial charge in [-0.1, -0.05) is 54.6 Å². The van der Waals surface area contributed by atoms with Crippen LogP contribution in [0.4, 0.5) is 0 Å². The van der Waals surface area contributed by atoms with Crippen LogP contribution in [0, 0.1) is 11.3 Å². The van der Waals surface area contributed by atoms with E-state index in [1.165, 1.54) is 16.3 Å². The molecule has 1 fully saturated rings. The van der Waals surface area contributed by atoms with Crippen LogP contribution in [0.3, 0.4) is 0 Å². The first-order valence-corrected chi connectivity index (χ1v) is 12.0. The summed E-state index contributed by atoms with van der Waals surface area (Å²) in [6.45, 7) is 5.71. The number of rotatable bonds is 6. The van der Waals surface area contributed by atoms with E-state index in [1.807, 2.05) is 36.4 Å². The Bertz CT molecular complexity index is 1360. The van der Waals surface area contributed by atoms with E-state index >= 15 is 0 Å². The molecule has 2 N–H and O–H groups in total. The fourth-order valence-corrected chi connectivity index (χ4v) is 4.61. The predicted octanol–water partition coefficient (Wildman–Crippen LogP) is 4.71. The van der Waals surface area contributed by atoms with Gasteiger partial charge in [0.15, 0.2) is 0 Å². The number of fused-ring (bicyclic) bond motifs is 1. The summed E-state index contributed by atoms with van der Waals surface area (Å²) in [5, 5.41) is 17.8. The first-order chi connectivity index (χ1) is 17.2. The molecule has 1 saturated heterocycles. The van der Waals surface area contributed by atoms with Crippen LogP contribution < -0.4 is 10.6 Å². The summed E-state index contributed by atoms with van der Waals surface area (Å²) in [5.41, 5.74) is 5.72. The zero-order chi connectivity index (χ0) is 24.0. The standard InChI is InChI=1S/C30H28N4O/c31-19-22-4-7-24(8-5-22)25-9-11-26(12-10-25)30(35)33-20-28-3-1-2-27-18-23(6-13-29(27)28)21-34-16-14-32-15-17-34/h1-13,18,32H,14-17,20-21H2,(H,33,35). The Hall–Kier alpha value is -3.98. The lowest BCUT2D eigenvalue weighted by Crippen LogP contribution is -2.42. The molecule has 1 heterocycles. The minimum Gasteiger partial charge on any atom is -0.348 e. The third kappa shape index (κ3) is 5.41. The molecule has 0 spiro atoms. The topological polar surface area (TPSA) is 68.2 Å². The maximum Gasteiger partial charge on any atom is 0.251 e. The Morgan fingerprint density at radius 3 is 2.34 bits per heavy atom. The Labute approximate surface area is 206 Å². The van der Waals surface area contributed by atoms with Gasteiger partial charge in [0.05, 0.1) is 11.6 Å². The van der Waals surface area contributed by atoms with Crippen LogP contribution in [0.15, 0.2) is 84.9 Å². The van der Waals surface area contributed by atoms with Crippen LogP contribution in [0.2, 0.25) is 0 Å². The van der Waals surface area contributed by atoms with Gasteiger partial charge < -0.3 is 10.6 Å². The second kappa shape index (κ2) is 10.5. The number of carbonyl (C=O) groups excluding carboxylic acids is 1. The van der Waals surface area contributed by atoms with Crippen LogP contribution in [-0.2, 0) is 13.1 Å². The van der Waals surface area contributed by atoms with E-state index in [1.54, 1.807) is 12.1 Å². The number of nitrogens with zero attached hydrogens (tertiary/aromatic N) is 2. The quantitative estimate of drug-likeness (QED) is 0.437. The smallest absolute Gasteiger partial charge is 0.251 e. The number of piperazine rings is 1. The van der Waals surface area contributed by atoms with Crippen molar-refractivity contribution in [2.75, 3.05) is 26.2 Å². The maximum atomic E-state index is 12.8. The van der Waals surface area contributed by atoms with Crippen LogP contribution >= 0.6 is 0 Å². The molecule has 0 aliphatic carbocycles. The molecule has 5 heteroatoms. The zero-order valence-electron chi connectivity index (χ0n) is 19.6. The van der Waals surface area contributed by atoms with Gasteiger partial charge in [-0.05, 0) is 63.4 Å². The number of amides is 1. The van der Waals surface area contributed by atoms with Gasteiger partial charge in [-0.3, -0.25) is 9.69 Å². The molecule has 0 atom stereocenters. The summed E-state index contributed by atoms with van der Waals surface area (Å²) in [4.78, 5) is 15.3. The third-order valence-electron chi connectivity index (χ3n) is 6.58. The van der Waals surface area contributed by atoms with Crippen molar-refractivity contribution >= 4 is 16.7 Å². The maximum absolute atomic E-state index is 12.8.